The van der Waals surface area contributed by atoms with Gasteiger partial charge in [-0.15, -0.1) is 0 Å². The number of pyridine rings is 1. The average Bonchev–Trinajstić information content (AvgIpc) is 3.16. The summed E-state index contributed by atoms with van der Waals surface area (Å²) in [5.41, 5.74) is 3.08. The van der Waals surface area contributed by atoms with Gasteiger partial charge < -0.3 is 10.2 Å². The molecule has 1 fully saturated rings. The van der Waals surface area contributed by atoms with E-state index in [9.17, 15) is 9.59 Å². The maximum absolute atomic E-state index is 12.6. The molecule has 1 saturated heterocycles. The zero-order chi connectivity index (χ0) is 18.6. The summed E-state index contributed by atoms with van der Waals surface area (Å²) in [7, 11) is 0. The lowest BCUT2D eigenvalue weighted by Gasteiger charge is -2.31. The molecular formula is C19H19N5O3. The summed E-state index contributed by atoms with van der Waals surface area (Å²) in [6.45, 7) is 1.24. The lowest BCUT2D eigenvalue weighted by molar-refractivity contribution is -0.139. The van der Waals surface area contributed by atoms with E-state index in [2.05, 4.69) is 25.2 Å². The van der Waals surface area contributed by atoms with E-state index in [-0.39, 0.29) is 17.7 Å². The normalized spacial score (nSPS) is 17.3. The Kier molecular flexibility index (Phi) is 4.78. The van der Waals surface area contributed by atoms with Crippen LogP contribution in [0.2, 0.25) is 0 Å². The molecule has 0 aliphatic carbocycles. The average molecular weight is 365 g/mol. The molecule has 1 aromatic carbocycles. The summed E-state index contributed by atoms with van der Waals surface area (Å²) in [4.78, 5) is 30.7. The monoisotopic (exact) mass is 365 g/mol. The number of amides is 2. The lowest BCUT2D eigenvalue weighted by Crippen LogP contribution is -2.45. The number of piperidine rings is 1. The molecule has 2 aromatic heterocycles. The van der Waals surface area contributed by atoms with E-state index in [0.29, 0.717) is 43.5 Å². The number of nitrogens with zero attached hydrogens (tertiary/aromatic N) is 4. The van der Waals surface area contributed by atoms with E-state index in [0.717, 1.165) is 11.3 Å². The van der Waals surface area contributed by atoms with Crippen molar-refractivity contribution < 1.29 is 14.2 Å². The third-order valence-electron chi connectivity index (χ3n) is 4.73. The van der Waals surface area contributed by atoms with Gasteiger partial charge in [0, 0.05) is 25.7 Å². The van der Waals surface area contributed by atoms with Crippen molar-refractivity contribution in [3.8, 4) is 0 Å². The van der Waals surface area contributed by atoms with Crippen LogP contribution in [0.3, 0.4) is 0 Å². The number of hydrogen-bond donors (Lipinski definition) is 1. The molecule has 0 bridgehead atoms. The Labute approximate surface area is 155 Å². The predicted molar refractivity (Wildman–Crippen MR) is 96.0 cm³/mol. The van der Waals surface area contributed by atoms with E-state index in [1.54, 1.807) is 17.2 Å². The first-order chi connectivity index (χ1) is 13.2. The number of benzene rings is 1. The van der Waals surface area contributed by atoms with Gasteiger partial charge in [0.1, 0.15) is 11.0 Å². The van der Waals surface area contributed by atoms with E-state index < -0.39 is 0 Å². The van der Waals surface area contributed by atoms with Gasteiger partial charge >= 0.3 is 0 Å². The smallest absolute Gasteiger partial charge is 0.225 e. The van der Waals surface area contributed by atoms with Crippen LogP contribution in [-0.2, 0) is 22.7 Å². The van der Waals surface area contributed by atoms with Crippen molar-refractivity contribution in [2.75, 3.05) is 6.54 Å². The van der Waals surface area contributed by atoms with Gasteiger partial charge in [0.15, 0.2) is 0 Å². The molecule has 1 aliphatic heterocycles. The van der Waals surface area contributed by atoms with E-state index in [1.165, 1.54) is 0 Å². The summed E-state index contributed by atoms with van der Waals surface area (Å²) in [6, 6.07) is 11.1. The maximum atomic E-state index is 12.6. The maximum Gasteiger partial charge on any atom is 0.225 e. The first-order valence-corrected chi connectivity index (χ1v) is 8.85. The van der Waals surface area contributed by atoms with Crippen molar-refractivity contribution in [3.63, 3.8) is 0 Å². The van der Waals surface area contributed by atoms with Crippen LogP contribution in [0.15, 0.2) is 47.2 Å². The molecule has 3 aromatic rings. The Hall–Kier alpha value is -3.29. The number of rotatable bonds is 5. The molecule has 0 spiro atoms. The summed E-state index contributed by atoms with van der Waals surface area (Å²) in [5.74, 6) is -0.204. The van der Waals surface area contributed by atoms with Crippen molar-refractivity contribution >= 4 is 22.8 Å². The zero-order valence-electron chi connectivity index (χ0n) is 14.7. The second-order valence-corrected chi connectivity index (χ2v) is 6.64. The highest BCUT2D eigenvalue weighted by molar-refractivity contribution is 5.84. The summed E-state index contributed by atoms with van der Waals surface area (Å²) < 4.78 is 4.68. The summed E-state index contributed by atoms with van der Waals surface area (Å²) in [5, 5.41) is 10.5. The second-order valence-electron chi connectivity index (χ2n) is 6.64. The predicted octanol–water partition coefficient (Wildman–Crippen LogP) is 1.67. The van der Waals surface area contributed by atoms with Crippen LogP contribution in [0.4, 0.5) is 0 Å². The molecule has 2 amide bonds. The van der Waals surface area contributed by atoms with Crippen LogP contribution in [0.25, 0.3) is 11.0 Å². The molecular weight excluding hydrogens is 346 g/mol. The largest absolute Gasteiger partial charge is 0.352 e. The standard InChI is InChI=1S/C19H19N5O3/c25-18-7-5-14(11-24(18)12-15-3-1-2-8-20-15)19(26)21-10-13-4-6-16-17(9-13)23-27-22-16/h1-4,6,8-9,14H,5,7,10-12H2,(H,21,26). The van der Waals surface area contributed by atoms with Crippen LogP contribution >= 0.6 is 0 Å². The van der Waals surface area contributed by atoms with Gasteiger partial charge in [-0.2, -0.15) is 0 Å². The number of hydrogen-bond acceptors (Lipinski definition) is 6. The van der Waals surface area contributed by atoms with Gasteiger partial charge in [0.2, 0.25) is 11.8 Å². The highest BCUT2D eigenvalue weighted by Crippen LogP contribution is 2.20. The molecule has 1 unspecified atom stereocenters. The van der Waals surface area contributed by atoms with Gasteiger partial charge in [0.25, 0.3) is 0 Å². The number of fused-ring (bicyclic) bond motifs is 1. The van der Waals surface area contributed by atoms with Gasteiger partial charge in [-0.1, -0.05) is 12.1 Å². The van der Waals surface area contributed by atoms with Crippen LogP contribution in [0.1, 0.15) is 24.1 Å². The molecule has 0 saturated carbocycles. The highest BCUT2D eigenvalue weighted by atomic mass is 16.6. The van der Waals surface area contributed by atoms with Crippen molar-refractivity contribution in [2.45, 2.75) is 25.9 Å². The fourth-order valence-electron chi connectivity index (χ4n) is 3.24. The molecule has 1 aliphatic rings. The van der Waals surface area contributed by atoms with Gasteiger partial charge in [-0.3, -0.25) is 14.6 Å². The molecule has 4 rings (SSSR count). The highest BCUT2D eigenvalue weighted by Gasteiger charge is 2.30. The molecule has 8 nitrogen and oxygen atoms in total. The fourth-order valence-corrected chi connectivity index (χ4v) is 3.24. The Morgan fingerprint density at radius 2 is 2.11 bits per heavy atom. The van der Waals surface area contributed by atoms with Crippen molar-refractivity contribution in [3.05, 3.63) is 53.9 Å². The van der Waals surface area contributed by atoms with E-state index in [4.69, 9.17) is 0 Å². The van der Waals surface area contributed by atoms with Crippen LogP contribution in [0, 0.1) is 5.92 Å². The minimum atomic E-state index is -0.219. The van der Waals surface area contributed by atoms with Crippen molar-refractivity contribution in [1.29, 1.82) is 0 Å². The first kappa shape index (κ1) is 17.1. The summed E-state index contributed by atoms with van der Waals surface area (Å²) >= 11 is 0. The van der Waals surface area contributed by atoms with Crippen LogP contribution in [0.5, 0.6) is 0 Å². The van der Waals surface area contributed by atoms with Gasteiger partial charge in [-0.25, -0.2) is 4.63 Å². The van der Waals surface area contributed by atoms with Gasteiger partial charge in [-0.05, 0) is 46.6 Å². The molecule has 27 heavy (non-hydrogen) atoms. The Balaban J connectivity index is 1.35. The van der Waals surface area contributed by atoms with E-state index >= 15 is 0 Å². The Bertz CT molecular complexity index is 956. The van der Waals surface area contributed by atoms with Crippen molar-refractivity contribution in [1.82, 2.24) is 25.5 Å². The molecule has 8 heteroatoms. The third-order valence-corrected chi connectivity index (χ3v) is 4.73. The number of nitrogens with one attached hydrogen (secondary N) is 1. The van der Waals surface area contributed by atoms with E-state index in [1.807, 2.05) is 30.3 Å². The molecule has 3 heterocycles. The second kappa shape index (κ2) is 7.53. The van der Waals surface area contributed by atoms with Crippen molar-refractivity contribution in [2.24, 2.45) is 5.92 Å². The number of carbonyl (C=O) groups excluding carboxylic acids is 2. The zero-order valence-corrected chi connectivity index (χ0v) is 14.7. The van der Waals surface area contributed by atoms with Gasteiger partial charge in [0.05, 0.1) is 18.2 Å². The number of likely N-dealkylation sites (tertiary alicyclic amines) is 1. The summed E-state index contributed by atoms with van der Waals surface area (Å²) in [6.07, 6.45) is 2.65. The SMILES string of the molecule is O=C(NCc1ccc2nonc2c1)C1CCC(=O)N(Cc2ccccn2)C1. The first-order valence-electron chi connectivity index (χ1n) is 8.85. The number of carbonyl (C=O) groups is 2. The molecule has 1 N–H and O–H groups in total. The minimum Gasteiger partial charge on any atom is -0.352 e. The minimum absolute atomic E-state index is 0.0492. The fraction of sp³-hybridized carbons (Fsp3) is 0.316. The topological polar surface area (TPSA) is 101 Å². The Morgan fingerprint density at radius 1 is 1.22 bits per heavy atom. The number of aromatic nitrogens is 3. The van der Waals surface area contributed by atoms with Crippen LogP contribution in [-0.4, -0.2) is 38.6 Å². The third kappa shape index (κ3) is 3.94. The molecule has 1 atom stereocenters. The molecule has 0 radical (unpaired) electrons. The quantitative estimate of drug-likeness (QED) is 0.738. The lowest BCUT2D eigenvalue weighted by atomic mass is 9.96. The Morgan fingerprint density at radius 3 is 2.96 bits per heavy atom. The molecule has 138 valence electrons. The van der Waals surface area contributed by atoms with Crippen LogP contribution < -0.4 is 5.32 Å².